The van der Waals surface area contributed by atoms with Gasteiger partial charge in [-0.15, -0.1) is 0 Å². The van der Waals surface area contributed by atoms with E-state index in [1.165, 1.54) is 32.9 Å². The maximum Gasteiger partial charge on any atom is 0.165 e. The molecule has 0 spiro atoms. The Bertz CT molecular complexity index is 2660. The number of hydrogen-bond acceptors (Lipinski definition) is 3. The van der Waals surface area contributed by atoms with E-state index >= 15 is 0 Å². The van der Waals surface area contributed by atoms with Crippen LogP contribution in [0.3, 0.4) is 0 Å². The largest absolute Gasteiger partial charge is 0.316 e. The standard InChI is InChI=1S/C45H32ClN5/c1-2-3-4-15-26-50-39-22-13-11-20-33(39)36-28-37-34-21-12-14-23-40(34)51(42(37)29-41(36)50)32-24-25-35(38(46)27-32)45-48-43(30-16-7-5-8-17-30)47-44(49-45)31-18-9-6-10-19-31/h2-11,13-20,22-29H,1,12,21H2/b4-3-,26-15+. The van der Waals surface area contributed by atoms with Crippen LogP contribution in [0.25, 0.3) is 84.8 Å². The van der Waals surface area contributed by atoms with Gasteiger partial charge in [0.25, 0.3) is 0 Å². The number of para-hydroxylation sites is 1. The van der Waals surface area contributed by atoms with Gasteiger partial charge in [0.05, 0.1) is 21.6 Å². The number of aryl methyl sites for hydroxylation is 1. The van der Waals surface area contributed by atoms with Gasteiger partial charge in [-0.1, -0.05) is 121 Å². The molecule has 0 N–H and O–H groups in total. The molecule has 0 amide bonds. The lowest BCUT2D eigenvalue weighted by molar-refractivity contribution is 0.967. The normalized spacial score (nSPS) is 12.9. The highest BCUT2D eigenvalue weighted by atomic mass is 35.5. The maximum atomic E-state index is 7.21. The summed E-state index contributed by atoms with van der Waals surface area (Å²) in [4.78, 5) is 14.7. The van der Waals surface area contributed by atoms with Crippen molar-refractivity contribution in [2.45, 2.75) is 12.8 Å². The number of rotatable bonds is 7. The highest BCUT2D eigenvalue weighted by Crippen LogP contribution is 2.40. The minimum Gasteiger partial charge on any atom is -0.316 e. The molecule has 0 fully saturated rings. The van der Waals surface area contributed by atoms with Gasteiger partial charge >= 0.3 is 0 Å². The van der Waals surface area contributed by atoms with E-state index in [0.29, 0.717) is 22.5 Å². The summed E-state index contributed by atoms with van der Waals surface area (Å²) in [6, 6.07) is 39.5. The molecule has 1 aliphatic carbocycles. The summed E-state index contributed by atoms with van der Waals surface area (Å²) in [5.41, 5.74) is 9.54. The molecule has 3 heterocycles. The molecular weight excluding hydrogens is 646 g/mol. The van der Waals surface area contributed by atoms with Crippen LogP contribution in [0.4, 0.5) is 0 Å². The first-order valence-corrected chi connectivity index (χ1v) is 17.5. The van der Waals surface area contributed by atoms with Crippen LogP contribution in [0, 0.1) is 0 Å². The average molecular weight is 678 g/mol. The Morgan fingerprint density at radius 3 is 2.06 bits per heavy atom. The highest BCUT2D eigenvalue weighted by Gasteiger charge is 2.22. The maximum absolute atomic E-state index is 7.21. The Kier molecular flexibility index (Phi) is 7.75. The summed E-state index contributed by atoms with van der Waals surface area (Å²) in [6.45, 7) is 3.81. The lowest BCUT2D eigenvalue weighted by Crippen LogP contribution is -2.02. The van der Waals surface area contributed by atoms with E-state index in [1.54, 1.807) is 6.08 Å². The van der Waals surface area contributed by atoms with Crippen LogP contribution in [-0.4, -0.2) is 24.1 Å². The zero-order chi connectivity index (χ0) is 34.3. The van der Waals surface area contributed by atoms with Crippen LogP contribution in [0.15, 0.2) is 152 Å². The van der Waals surface area contributed by atoms with E-state index < -0.39 is 0 Å². The number of nitrogens with zero attached hydrogens (tertiary/aromatic N) is 5. The third-order valence-electron chi connectivity index (χ3n) is 9.52. The lowest BCUT2D eigenvalue weighted by atomic mass is 10.00. The Labute approximate surface area is 300 Å². The topological polar surface area (TPSA) is 48.5 Å². The van der Waals surface area contributed by atoms with Crippen molar-refractivity contribution in [3.63, 3.8) is 0 Å². The van der Waals surface area contributed by atoms with Gasteiger partial charge in [-0.3, -0.25) is 0 Å². The number of aromatic nitrogens is 5. The predicted octanol–water partition coefficient (Wildman–Crippen LogP) is 11.8. The van der Waals surface area contributed by atoms with Crippen molar-refractivity contribution in [3.05, 3.63) is 169 Å². The summed E-state index contributed by atoms with van der Waals surface area (Å²) in [6.07, 6.45) is 16.4. The second-order valence-corrected chi connectivity index (χ2v) is 13.0. The Morgan fingerprint density at radius 1 is 0.627 bits per heavy atom. The molecule has 0 radical (unpaired) electrons. The monoisotopic (exact) mass is 677 g/mol. The minimum absolute atomic E-state index is 0.530. The van der Waals surface area contributed by atoms with Crippen molar-refractivity contribution >= 4 is 56.6 Å². The first kappa shape index (κ1) is 30.7. The van der Waals surface area contributed by atoms with Crippen LogP contribution >= 0.6 is 11.6 Å². The summed E-state index contributed by atoms with van der Waals surface area (Å²) < 4.78 is 4.62. The van der Waals surface area contributed by atoms with E-state index in [1.807, 2.05) is 84.9 Å². The number of benzene rings is 5. The van der Waals surface area contributed by atoms with E-state index in [0.717, 1.165) is 46.3 Å². The van der Waals surface area contributed by atoms with Gasteiger partial charge in [0.1, 0.15) is 0 Å². The number of hydrogen-bond donors (Lipinski definition) is 0. The molecule has 3 aromatic heterocycles. The molecular formula is C45H32ClN5. The van der Waals surface area contributed by atoms with Gasteiger partial charge < -0.3 is 9.13 Å². The third-order valence-corrected chi connectivity index (χ3v) is 9.84. The highest BCUT2D eigenvalue weighted by molar-refractivity contribution is 6.33. The average Bonchev–Trinajstić information content (AvgIpc) is 3.67. The van der Waals surface area contributed by atoms with E-state index in [9.17, 15) is 0 Å². The fourth-order valence-corrected chi connectivity index (χ4v) is 7.45. The van der Waals surface area contributed by atoms with Crippen LogP contribution in [0.2, 0.25) is 5.02 Å². The summed E-state index contributed by atoms with van der Waals surface area (Å²) >= 11 is 7.21. The van der Waals surface area contributed by atoms with Gasteiger partial charge in [-0.05, 0) is 67.0 Å². The number of halogens is 1. The van der Waals surface area contributed by atoms with Crippen LogP contribution < -0.4 is 0 Å². The van der Waals surface area contributed by atoms with Crippen molar-refractivity contribution in [1.29, 1.82) is 0 Å². The second kappa shape index (κ2) is 12.9. The minimum atomic E-state index is 0.530. The summed E-state index contributed by atoms with van der Waals surface area (Å²) in [7, 11) is 0. The molecule has 0 unspecified atom stereocenters. The van der Waals surface area contributed by atoms with Crippen molar-refractivity contribution in [2.75, 3.05) is 0 Å². The molecule has 0 aliphatic heterocycles. The molecule has 5 aromatic carbocycles. The number of fused-ring (bicyclic) bond motifs is 6. The SMILES string of the molecule is C=C/C=C\C=C\n1c2ccccc2c2cc3c4c(n(-c5ccc(-c6nc(-c7ccccc7)nc(-c7ccccc7)n6)c(Cl)c5)c3cc21)C=CCC4. The van der Waals surface area contributed by atoms with Crippen LogP contribution in [0.1, 0.15) is 17.7 Å². The Balaban J connectivity index is 1.23. The van der Waals surface area contributed by atoms with Crippen LogP contribution in [-0.2, 0) is 6.42 Å². The molecule has 51 heavy (non-hydrogen) atoms. The predicted molar refractivity (Wildman–Crippen MR) is 213 cm³/mol. The fraction of sp³-hybridized carbons (Fsp3) is 0.0444. The lowest BCUT2D eigenvalue weighted by Gasteiger charge is -2.14. The molecule has 0 saturated heterocycles. The first-order valence-electron chi connectivity index (χ1n) is 17.1. The van der Waals surface area contributed by atoms with Gasteiger partial charge in [0, 0.05) is 50.4 Å². The molecule has 0 bridgehead atoms. The zero-order valence-electron chi connectivity index (χ0n) is 27.7. The Morgan fingerprint density at radius 2 is 1.33 bits per heavy atom. The van der Waals surface area contributed by atoms with Gasteiger partial charge in [-0.2, -0.15) is 0 Å². The van der Waals surface area contributed by atoms with Crippen molar-refractivity contribution in [3.8, 4) is 39.9 Å². The summed E-state index contributed by atoms with van der Waals surface area (Å²) in [5.74, 6) is 1.73. The van der Waals surface area contributed by atoms with Gasteiger partial charge in [0.15, 0.2) is 17.5 Å². The fourth-order valence-electron chi connectivity index (χ4n) is 7.19. The smallest absolute Gasteiger partial charge is 0.165 e. The molecule has 5 nitrogen and oxygen atoms in total. The molecule has 6 heteroatoms. The molecule has 0 atom stereocenters. The third kappa shape index (κ3) is 5.39. The first-order chi connectivity index (χ1) is 25.2. The second-order valence-electron chi connectivity index (χ2n) is 12.6. The molecule has 8 aromatic rings. The molecule has 9 rings (SSSR count). The van der Waals surface area contributed by atoms with E-state index in [-0.39, 0.29) is 0 Å². The van der Waals surface area contributed by atoms with Crippen molar-refractivity contribution in [1.82, 2.24) is 24.1 Å². The van der Waals surface area contributed by atoms with Gasteiger partial charge in [-0.25, -0.2) is 15.0 Å². The van der Waals surface area contributed by atoms with Crippen molar-refractivity contribution < 1.29 is 0 Å². The van der Waals surface area contributed by atoms with Crippen LogP contribution in [0.5, 0.6) is 0 Å². The van der Waals surface area contributed by atoms with E-state index in [4.69, 9.17) is 26.6 Å². The zero-order valence-corrected chi connectivity index (χ0v) is 28.5. The quantitative estimate of drug-likeness (QED) is 0.158. The Hall–Kier alpha value is -6.30. The molecule has 1 aliphatic rings. The molecule has 244 valence electrons. The van der Waals surface area contributed by atoms with Gasteiger partial charge in [0.2, 0.25) is 0 Å². The van der Waals surface area contributed by atoms with E-state index in [2.05, 4.69) is 82.6 Å². The van der Waals surface area contributed by atoms with Crippen molar-refractivity contribution in [2.24, 2.45) is 0 Å². The number of allylic oxidation sites excluding steroid dienone is 5. The summed E-state index contributed by atoms with van der Waals surface area (Å²) in [5, 5.41) is 4.29. The molecule has 0 saturated carbocycles.